The van der Waals surface area contributed by atoms with E-state index >= 15 is 0 Å². The Kier molecular flexibility index (Phi) is 6.01. The van der Waals surface area contributed by atoms with Crippen molar-refractivity contribution >= 4 is 33.4 Å². The molecule has 3 N–H and O–H groups in total. The van der Waals surface area contributed by atoms with Gasteiger partial charge in [0.15, 0.2) is 0 Å². The molecule has 0 radical (unpaired) electrons. The van der Waals surface area contributed by atoms with Gasteiger partial charge in [-0.1, -0.05) is 42.5 Å². The molecule has 41 heavy (non-hydrogen) atoms. The summed E-state index contributed by atoms with van der Waals surface area (Å²) in [7, 11) is 0. The Bertz CT molecular complexity index is 2050. The Morgan fingerprint density at radius 1 is 0.805 bits per heavy atom. The molecule has 8 nitrogen and oxygen atoms in total. The van der Waals surface area contributed by atoms with Crippen molar-refractivity contribution in [1.82, 2.24) is 30.1 Å². The van der Waals surface area contributed by atoms with E-state index in [0.29, 0.717) is 28.3 Å². The van der Waals surface area contributed by atoms with E-state index in [1.807, 2.05) is 60.7 Å². The Balaban J connectivity index is 1.21. The summed E-state index contributed by atoms with van der Waals surface area (Å²) in [6.45, 7) is 0. The molecule has 2 aromatic carbocycles. The largest absolute Gasteiger partial charge is 0.353 e. The number of rotatable bonds is 6. The van der Waals surface area contributed by atoms with Crippen molar-refractivity contribution in [2.45, 2.75) is 6.42 Å². The lowest BCUT2D eigenvalue weighted by Crippen LogP contribution is -2.14. The summed E-state index contributed by atoms with van der Waals surface area (Å²) in [4.78, 5) is 29.5. The molecule has 0 aliphatic rings. The number of anilines is 1. The molecule has 1 amide bonds. The highest BCUT2D eigenvalue weighted by molar-refractivity contribution is 6.00. The summed E-state index contributed by atoms with van der Waals surface area (Å²) >= 11 is 0. The predicted octanol–water partition coefficient (Wildman–Crippen LogP) is 6.55. The number of nitrogens with one attached hydrogen (secondary N) is 3. The molecule has 0 fully saturated rings. The Morgan fingerprint density at radius 2 is 1.68 bits per heavy atom. The van der Waals surface area contributed by atoms with Gasteiger partial charge >= 0.3 is 0 Å². The molecular formula is C32H22FN7O. The van der Waals surface area contributed by atoms with Crippen molar-refractivity contribution < 1.29 is 9.18 Å². The zero-order valence-electron chi connectivity index (χ0n) is 21.6. The third-order valence-corrected chi connectivity index (χ3v) is 6.87. The summed E-state index contributed by atoms with van der Waals surface area (Å²) in [5.74, 6) is -0.439. The molecule has 0 saturated carbocycles. The van der Waals surface area contributed by atoms with Gasteiger partial charge in [0.1, 0.15) is 11.5 Å². The molecule has 0 bridgehead atoms. The molecule has 9 heteroatoms. The molecule has 0 spiro atoms. The number of halogens is 1. The van der Waals surface area contributed by atoms with Crippen molar-refractivity contribution in [3.8, 4) is 33.9 Å². The van der Waals surface area contributed by atoms with Gasteiger partial charge in [0, 0.05) is 39.8 Å². The number of hydrogen-bond acceptors (Lipinski definition) is 5. The van der Waals surface area contributed by atoms with Crippen molar-refractivity contribution in [1.29, 1.82) is 0 Å². The zero-order valence-corrected chi connectivity index (χ0v) is 21.6. The second kappa shape index (κ2) is 10.1. The molecule has 0 saturated heterocycles. The number of hydrogen-bond donors (Lipinski definition) is 3. The van der Waals surface area contributed by atoms with Gasteiger partial charge in [0.2, 0.25) is 5.91 Å². The average Bonchev–Trinajstić information content (AvgIpc) is 3.61. The topological polar surface area (TPSA) is 112 Å². The van der Waals surface area contributed by atoms with Gasteiger partial charge in [0.05, 0.1) is 47.1 Å². The molecule has 0 unspecified atom stereocenters. The fourth-order valence-corrected chi connectivity index (χ4v) is 4.96. The summed E-state index contributed by atoms with van der Waals surface area (Å²) in [6.07, 6.45) is 7.02. The maximum Gasteiger partial charge on any atom is 0.228 e. The van der Waals surface area contributed by atoms with Crippen LogP contribution >= 0.6 is 0 Å². The Morgan fingerprint density at radius 3 is 2.56 bits per heavy atom. The molecule has 198 valence electrons. The lowest BCUT2D eigenvalue weighted by molar-refractivity contribution is -0.115. The normalized spacial score (nSPS) is 11.2. The quantitative estimate of drug-likeness (QED) is 0.222. The van der Waals surface area contributed by atoms with E-state index in [9.17, 15) is 9.18 Å². The first-order valence-electron chi connectivity index (χ1n) is 13.0. The van der Waals surface area contributed by atoms with Crippen LogP contribution in [0.2, 0.25) is 0 Å². The van der Waals surface area contributed by atoms with Gasteiger partial charge in [-0.3, -0.25) is 24.8 Å². The second-order valence-electron chi connectivity index (χ2n) is 9.67. The van der Waals surface area contributed by atoms with E-state index in [-0.39, 0.29) is 18.1 Å². The monoisotopic (exact) mass is 539 g/mol. The molecule has 5 aromatic heterocycles. The third-order valence-electron chi connectivity index (χ3n) is 6.87. The maximum absolute atomic E-state index is 13.9. The summed E-state index contributed by atoms with van der Waals surface area (Å²) < 4.78 is 13.9. The number of nitrogens with zero attached hydrogens (tertiary/aromatic N) is 4. The number of pyridine rings is 3. The zero-order chi connectivity index (χ0) is 27.8. The fourth-order valence-electron chi connectivity index (χ4n) is 4.96. The van der Waals surface area contributed by atoms with E-state index in [4.69, 9.17) is 0 Å². The van der Waals surface area contributed by atoms with Crippen LogP contribution in [0, 0.1) is 5.82 Å². The van der Waals surface area contributed by atoms with Gasteiger partial charge in [-0.05, 0) is 42.0 Å². The number of amides is 1. The first kappa shape index (κ1) is 24.3. The van der Waals surface area contributed by atoms with Crippen molar-refractivity contribution in [3.63, 3.8) is 0 Å². The van der Waals surface area contributed by atoms with E-state index in [1.54, 1.807) is 30.9 Å². The van der Waals surface area contributed by atoms with Gasteiger partial charge in [0.25, 0.3) is 0 Å². The van der Waals surface area contributed by atoms with Gasteiger partial charge < -0.3 is 10.3 Å². The molecule has 7 aromatic rings. The highest BCUT2D eigenvalue weighted by Crippen LogP contribution is 2.34. The van der Waals surface area contributed by atoms with Crippen molar-refractivity contribution in [2.24, 2.45) is 0 Å². The fraction of sp³-hybridized carbons (Fsp3) is 0.0312. The second-order valence-corrected chi connectivity index (χ2v) is 9.67. The SMILES string of the molecule is O=C(Cc1ccccc1)Nc1cncc(-c2cc3c(-c4cc5c(-c6cccc(F)c6)nccc5[nH]4)n[nH]c3cn2)c1. The lowest BCUT2D eigenvalue weighted by Gasteiger charge is -2.07. The van der Waals surface area contributed by atoms with Crippen molar-refractivity contribution in [2.75, 3.05) is 5.32 Å². The van der Waals surface area contributed by atoms with E-state index < -0.39 is 0 Å². The highest BCUT2D eigenvalue weighted by Gasteiger charge is 2.16. The number of aromatic amines is 2. The number of aromatic nitrogens is 6. The molecule has 0 aliphatic heterocycles. The summed E-state index contributed by atoms with van der Waals surface area (Å²) in [5, 5.41) is 12.3. The van der Waals surface area contributed by atoms with Crippen LogP contribution in [0.1, 0.15) is 5.56 Å². The minimum Gasteiger partial charge on any atom is -0.353 e. The molecule has 0 aliphatic carbocycles. The van der Waals surface area contributed by atoms with Crippen LogP contribution in [-0.4, -0.2) is 36.0 Å². The smallest absolute Gasteiger partial charge is 0.228 e. The molecular weight excluding hydrogens is 517 g/mol. The Labute approximate surface area is 233 Å². The minimum absolute atomic E-state index is 0.124. The van der Waals surface area contributed by atoms with E-state index in [2.05, 4.69) is 35.5 Å². The first-order valence-corrected chi connectivity index (χ1v) is 13.0. The van der Waals surface area contributed by atoms with Crippen LogP contribution in [0.3, 0.4) is 0 Å². The van der Waals surface area contributed by atoms with E-state index in [0.717, 1.165) is 38.6 Å². The third kappa shape index (κ3) is 4.80. The van der Waals surface area contributed by atoms with Crippen LogP contribution in [0.25, 0.3) is 55.7 Å². The lowest BCUT2D eigenvalue weighted by atomic mass is 10.1. The van der Waals surface area contributed by atoms with Gasteiger partial charge in [-0.15, -0.1) is 0 Å². The van der Waals surface area contributed by atoms with Gasteiger partial charge in [-0.2, -0.15) is 5.10 Å². The maximum atomic E-state index is 13.9. The number of H-pyrrole nitrogens is 2. The van der Waals surface area contributed by atoms with Crippen LogP contribution in [0.5, 0.6) is 0 Å². The Hall–Kier alpha value is -5.70. The van der Waals surface area contributed by atoms with Crippen LogP contribution in [0.15, 0.2) is 104 Å². The molecule has 0 atom stereocenters. The molecule has 7 rings (SSSR count). The summed E-state index contributed by atoms with van der Waals surface area (Å²) in [6, 6.07) is 23.6. The highest BCUT2D eigenvalue weighted by atomic mass is 19.1. The summed E-state index contributed by atoms with van der Waals surface area (Å²) in [5.41, 5.74) is 7.48. The van der Waals surface area contributed by atoms with Gasteiger partial charge in [-0.25, -0.2) is 4.39 Å². The number of carbonyl (C=O) groups excluding carboxylic acids is 1. The van der Waals surface area contributed by atoms with Crippen LogP contribution in [-0.2, 0) is 11.2 Å². The average molecular weight is 540 g/mol. The number of carbonyl (C=O) groups is 1. The van der Waals surface area contributed by atoms with Crippen molar-refractivity contribution in [3.05, 3.63) is 115 Å². The predicted molar refractivity (Wildman–Crippen MR) is 156 cm³/mol. The minimum atomic E-state index is -0.315. The van der Waals surface area contributed by atoms with E-state index in [1.165, 1.54) is 12.1 Å². The molecule has 5 heterocycles. The van der Waals surface area contributed by atoms with Crippen LogP contribution < -0.4 is 5.32 Å². The first-order chi connectivity index (χ1) is 20.1. The number of benzene rings is 2. The standard InChI is InChI=1S/C32H22FN7O/c33-22-8-4-7-20(12-22)31-24-15-28(38-26(24)9-10-35-31)32-25-14-27(36-18-29(25)39-40-32)21-13-23(17-34-16-21)37-30(41)11-19-5-2-1-3-6-19/h1-10,12-18,38H,11H2,(H,37,41)(H,39,40). The number of fused-ring (bicyclic) bond motifs is 2. The van der Waals surface area contributed by atoms with Crippen LogP contribution in [0.4, 0.5) is 10.1 Å².